The summed E-state index contributed by atoms with van der Waals surface area (Å²) in [5.41, 5.74) is 0. The highest BCUT2D eigenvalue weighted by atomic mass is 16.5. The largest absolute Gasteiger partial charge is 0.480 e. The number of likely N-dealkylation sites (tertiary alicyclic amines) is 1. The lowest BCUT2D eigenvalue weighted by Crippen LogP contribution is -2.50. The van der Waals surface area contributed by atoms with Crippen LogP contribution in [0.25, 0.3) is 0 Å². The van der Waals surface area contributed by atoms with E-state index in [9.17, 15) is 9.59 Å². The molecule has 0 atom stereocenters. The highest BCUT2D eigenvalue weighted by Gasteiger charge is 2.27. The van der Waals surface area contributed by atoms with Crippen molar-refractivity contribution in [3.05, 3.63) is 0 Å². The van der Waals surface area contributed by atoms with Gasteiger partial charge in [-0.05, 0) is 19.8 Å². The van der Waals surface area contributed by atoms with Crippen LogP contribution in [0, 0.1) is 0 Å². The van der Waals surface area contributed by atoms with Crippen molar-refractivity contribution in [2.75, 3.05) is 46.5 Å². The van der Waals surface area contributed by atoms with Crippen molar-refractivity contribution < 1.29 is 24.2 Å². The predicted molar refractivity (Wildman–Crippen MR) is 72.7 cm³/mol. The van der Waals surface area contributed by atoms with E-state index >= 15 is 0 Å². The number of carboxylic acids is 1. The number of aliphatic carboxylic acids is 1. The molecule has 116 valence electrons. The third-order valence-corrected chi connectivity index (χ3v) is 3.28. The molecule has 0 aromatic rings. The number of hydrogen-bond donors (Lipinski definition) is 1. The Bertz CT molecular complexity index is 316. The van der Waals surface area contributed by atoms with Gasteiger partial charge in [-0.15, -0.1) is 0 Å². The van der Waals surface area contributed by atoms with Crippen LogP contribution in [0.5, 0.6) is 0 Å². The van der Waals surface area contributed by atoms with Crippen molar-refractivity contribution in [1.82, 2.24) is 9.80 Å². The monoisotopic (exact) mass is 288 g/mol. The molecule has 0 aromatic heterocycles. The van der Waals surface area contributed by atoms with E-state index in [0.29, 0.717) is 26.3 Å². The Labute approximate surface area is 119 Å². The Morgan fingerprint density at radius 3 is 2.50 bits per heavy atom. The van der Waals surface area contributed by atoms with Crippen LogP contribution in [0.4, 0.5) is 4.79 Å². The lowest BCUT2D eigenvalue weighted by Gasteiger charge is -2.35. The number of hydrogen-bond acceptors (Lipinski definition) is 4. The number of ether oxygens (including phenoxy) is 2. The van der Waals surface area contributed by atoms with Crippen LogP contribution < -0.4 is 0 Å². The summed E-state index contributed by atoms with van der Waals surface area (Å²) in [5, 5.41) is 8.87. The third-order valence-electron chi connectivity index (χ3n) is 3.28. The molecule has 1 saturated heterocycles. The molecule has 0 aliphatic carbocycles. The van der Waals surface area contributed by atoms with Gasteiger partial charge in [-0.25, -0.2) is 4.79 Å². The van der Waals surface area contributed by atoms with Crippen molar-refractivity contribution in [2.24, 2.45) is 0 Å². The first-order chi connectivity index (χ1) is 9.58. The van der Waals surface area contributed by atoms with Gasteiger partial charge in [0.2, 0.25) is 0 Å². The fourth-order valence-corrected chi connectivity index (χ4v) is 2.26. The number of methoxy groups -OCH3 is 1. The molecule has 0 spiro atoms. The predicted octanol–water partition coefficient (Wildman–Crippen LogP) is 0.640. The van der Waals surface area contributed by atoms with Gasteiger partial charge < -0.3 is 24.4 Å². The smallest absolute Gasteiger partial charge is 0.323 e. The lowest BCUT2D eigenvalue weighted by atomic mass is 10.1. The number of rotatable bonds is 7. The minimum Gasteiger partial charge on any atom is -0.480 e. The molecule has 1 N–H and O–H groups in total. The second-order valence-electron chi connectivity index (χ2n) is 4.73. The van der Waals surface area contributed by atoms with Crippen LogP contribution in [0.3, 0.4) is 0 Å². The van der Waals surface area contributed by atoms with Crippen LogP contribution in [-0.2, 0) is 14.3 Å². The topological polar surface area (TPSA) is 79.3 Å². The first-order valence-electron chi connectivity index (χ1n) is 6.94. The van der Waals surface area contributed by atoms with Gasteiger partial charge >= 0.3 is 12.0 Å². The van der Waals surface area contributed by atoms with Crippen LogP contribution in [0.2, 0.25) is 0 Å². The molecule has 1 aliphatic rings. The van der Waals surface area contributed by atoms with Crippen LogP contribution in [0.15, 0.2) is 0 Å². The van der Waals surface area contributed by atoms with Crippen LogP contribution in [-0.4, -0.2) is 79.5 Å². The normalized spacial score (nSPS) is 16.2. The minimum absolute atomic E-state index is 0.205. The standard InChI is InChI=1S/C13H24N2O5/c1-3-20-11-4-6-14(7-5-11)13(18)15(8-9-19-2)10-12(16)17/h11H,3-10H2,1-2H3,(H,16,17). The zero-order chi connectivity index (χ0) is 15.0. The van der Waals surface area contributed by atoms with Crippen molar-refractivity contribution in [2.45, 2.75) is 25.9 Å². The van der Waals surface area contributed by atoms with Crippen LogP contribution in [0.1, 0.15) is 19.8 Å². The van der Waals surface area contributed by atoms with Gasteiger partial charge in [-0.3, -0.25) is 4.79 Å². The summed E-state index contributed by atoms with van der Waals surface area (Å²) in [6, 6.07) is -0.237. The van der Waals surface area contributed by atoms with E-state index in [2.05, 4.69) is 0 Å². The van der Waals surface area contributed by atoms with Crippen molar-refractivity contribution in [3.63, 3.8) is 0 Å². The highest BCUT2D eigenvalue weighted by Crippen LogP contribution is 2.15. The van der Waals surface area contributed by atoms with Gasteiger partial charge in [0.25, 0.3) is 0 Å². The zero-order valence-electron chi connectivity index (χ0n) is 12.2. The molecule has 7 nitrogen and oxygen atoms in total. The van der Waals surface area contributed by atoms with Gasteiger partial charge in [-0.2, -0.15) is 0 Å². The van der Waals surface area contributed by atoms with E-state index < -0.39 is 5.97 Å². The summed E-state index contributed by atoms with van der Waals surface area (Å²) in [6.45, 7) is 4.16. The minimum atomic E-state index is -1.02. The molecule has 0 bridgehead atoms. The summed E-state index contributed by atoms with van der Waals surface area (Å²) < 4.78 is 10.5. The number of carbonyl (C=O) groups excluding carboxylic acids is 1. The summed E-state index contributed by atoms with van der Waals surface area (Å²) in [4.78, 5) is 26.1. The summed E-state index contributed by atoms with van der Waals surface area (Å²) in [7, 11) is 1.52. The van der Waals surface area contributed by atoms with Gasteiger partial charge in [0.1, 0.15) is 6.54 Å². The number of amides is 2. The molecule has 0 unspecified atom stereocenters. The SMILES string of the molecule is CCOC1CCN(C(=O)N(CCOC)CC(=O)O)CC1. The molecule has 20 heavy (non-hydrogen) atoms. The maximum absolute atomic E-state index is 12.3. The number of piperidine rings is 1. The zero-order valence-corrected chi connectivity index (χ0v) is 12.2. The molecule has 1 heterocycles. The fourth-order valence-electron chi connectivity index (χ4n) is 2.26. The summed E-state index contributed by atoms with van der Waals surface area (Å²) in [6.07, 6.45) is 1.80. The molecule has 0 saturated carbocycles. The van der Waals surface area contributed by atoms with E-state index in [1.54, 1.807) is 4.90 Å². The first-order valence-corrected chi connectivity index (χ1v) is 6.94. The van der Waals surface area contributed by atoms with Crippen molar-refractivity contribution >= 4 is 12.0 Å². The van der Waals surface area contributed by atoms with Gasteiger partial charge in [0.15, 0.2) is 0 Å². The third kappa shape index (κ3) is 5.34. The van der Waals surface area contributed by atoms with Gasteiger partial charge in [0.05, 0.1) is 12.7 Å². The summed E-state index contributed by atoms with van der Waals surface area (Å²) in [5.74, 6) is -1.02. The van der Waals surface area contributed by atoms with Crippen molar-refractivity contribution in [3.8, 4) is 0 Å². The maximum atomic E-state index is 12.3. The average Bonchev–Trinajstić information content (AvgIpc) is 2.43. The Morgan fingerprint density at radius 1 is 1.35 bits per heavy atom. The van der Waals surface area contributed by atoms with E-state index in [1.807, 2.05) is 6.92 Å². The van der Waals surface area contributed by atoms with Crippen molar-refractivity contribution in [1.29, 1.82) is 0 Å². The Balaban J connectivity index is 2.50. The van der Waals surface area contributed by atoms with E-state index in [-0.39, 0.29) is 25.2 Å². The van der Waals surface area contributed by atoms with Gasteiger partial charge in [0, 0.05) is 33.4 Å². The van der Waals surface area contributed by atoms with Gasteiger partial charge in [-0.1, -0.05) is 0 Å². The average molecular weight is 288 g/mol. The Hall–Kier alpha value is -1.34. The molecule has 2 amide bonds. The Kier molecular flexibility index (Phi) is 7.32. The number of nitrogens with zero attached hydrogens (tertiary/aromatic N) is 2. The molecule has 1 rings (SSSR count). The maximum Gasteiger partial charge on any atom is 0.323 e. The molecular weight excluding hydrogens is 264 g/mol. The Morgan fingerprint density at radius 2 is 2.00 bits per heavy atom. The number of carboxylic acid groups (broad SMARTS) is 1. The second kappa shape index (κ2) is 8.76. The van der Waals surface area contributed by atoms with E-state index in [0.717, 1.165) is 12.8 Å². The molecular formula is C13H24N2O5. The first kappa shape index (κ1) is 16.7. The second-order valence-corrected chi connectivity index (χ2v) is 4.73. The fraction of sp³-hybridized carbons (Fsp3) is 0.846. The molecule has 1 fully saturated rings. The lowest BCUT2D eigenvalue weighted by molar-refractivity contribution is -0.137. The number of carbonyl (C=O) groups is 2. The number of urea groups is 1. The molecule has 0 aromatic carbocycles. The molecule has 0 radical (unpaired) electrons. The van der Waals surface area contributed by atoms with Crippen LogP contribution >= 0.6 is 0 Å². The van der Waals surface area contributed by atoms with E-state index in [1.165, 1.54) is 12.0 Å². The molecule has 7 heteroatoms. The highest BCUT2D eigenvalue weighted by molar-refractivity contribution is 5.80. The van der Waals surface area contributed by atoms with E-state index in [4.69, 9.17) is 14.6 Å². The summed E-state index contributed by atoms with van der Waals surface area (Å²) >= 11 is 0. The molecule has 1 aliphatic heterocycles. The quantitative estimate of drug-likeness (QED) is 0.743.